The first kappa shape index (κ1) is 14.7. The van der Waals surface area contributed by atoms with E-state index in [1.807, 2.05) is 19.9 Å². The summed E-state index contributed by atoms with van der Waals surface area (Å²) in [6, 6.07) is 1.88. The van der Waals surface area contributed by atoms with Gasteiger partial charge in [0, 0.05) is 45.0 Å². The molecule has 6 heteroatoms. The van der Waals surface area contributed by atoms with E-state index < -0.39 is 5.91 Å². The van der Waals surface area contributed by atoms with Crippen molar-refractivity contribution in [3.8, 4) is 0 Å². The molecule has 1 aromatic rings. The summed E-state index contributed by atoms with van der Waals surface area (Å²) >= 11 is 0. The summed E-state index contributed by atoms with van der Waals surface area (Å²) in [6.07, 6.45) is 0. The standard InChI is InChI=1S/C14H23N5O/c1-10-9-12(13(14(15)20)11(2)18-10)17-5-8-19-6-3-16-4-7-19/h9,16H,3-8H2,1-2H3,(H2,15,20)(H,17,18). The first-order valence-corrected chi connectivity index (χ1v) is 7.03. The molecule has 0 radical (unpaired) electrons. The van der Waals surface area contributed by atoms with E-state index in [0.29, 0.717) is 11.3 Å². The molecule has 110 valence electrons. The fourth-order valence-electron chi connectivity index (χ4n) is 2.56. The number of primary amides is 1. The van der Waals surface area contributed by atoms with E-state index in [4.69, 9.17) is 5.73 Å². The summed E-state index contributed by atoms with van der Waals surface area (Å²) in [4.78, 5) is 18.2. The molecule has 0 atom stereocenters. The second-order valence-electron chi connectivity index (χ2n) is 5.15. The lowest BCUT2D eigenvalue weighted by molar-refractivity contribution is 0.1000. The maximum Gasteiger partial charge on any atom is 0.252 e. The molecule has 0 aliphatic carbocycles. The smallest absolute Gasteiger partial charge is 0.252 e. The van der Waals surface area contributed by atoms with E-state index >= 15 is 0 Å². The number of anilines is 1. The predicted molar refractivity (Wildman–Crippen MR) is 80.0 cm³/mol. The number of carbonyl (C=O) groups excluding carboxylic acids is 1. The quantitative estimate of drug-likeness (QED) is 0.712. The highest BCUT2D eigenvalue weighted by Gasteiger charge is 2.14. The topological polar surface area (TPSA) is 83.3 Å². The van der Waals surface area contributed by atoms with Gasteiger partial charge in [0.2, 0.25) is 0 Å². The molecule has 0 saturated carbocycles. The number of pyridine rings is 1. The highest BCUT2D eigenvalue weighted by molar-refractivity contribution is 5.99. The van der Waals surface area contributed by atoms with Crippen molar-refractivity contribution >= 4 is 11.6 Å². The first-order valence-electron chi connectivity index (χ1n) is 7.03. The number of nitrogens with two attached hydrogens (primary N) is 1. The summed E-state index contributed by atoms with van der Waals surface area (Å²) in [5, 5.41) is 6.65. The highest BCUT2D eigenvalue weighted by Crippen LogP contribution is 2.18. The van der Waals surface area contributed by atoms with E-state index in [1.54, 1.807) is 0 Å². The van der Waals surface area contributed by atoms with Crippen LogP contribution < -0.4 is 16.4 Å². The Morgan fingerprint density at radius 3 is 2.80 bits per heavy atom. The molecule has 2 heterocycles. The molecule has 0 bridgehead atoms. The minimum atomic E-state index is -0.431. The van der Waals surface area contributed by atoms with Crippen LogP contribution in [0, 0.1) is 13.8 Å². The van der Waals surface area contributed by atoms with Crippen molar-refractivity contribution in [3.63, 3.8) is 0 Å². The number of nitrogens with one attached hydrogen (secondary N) is 2. The molecule has 2 rings (SSSR count). The molecule has 1 amide bonds. The third-order valence-electron chi connectivity index (χ3n) is 3.53. The van der Waals surface area contributed by atoms with Crippen LogP contribution >= 0.6 is 0 Å². The van der Waals surface area contributed by atoms with Crippen molar-refractivity contribution in [2.24, 2.45) is 5.73 Å². The van der Waals surface area contributed by atoms with Crippen molar-refractivity contribution in [2.75, 3.05) is 44.6 Å². The molecular weight excluding hydrogens is 254 g/mol. The average Bonchev–Trinajstić information content (AvgIpc) is 2.38. The predicted octanol–water partition coefficient (Wildman–Crippen LogP) is 0.114. The summed E-state index contributed by atoms with van der Waals surface area (Å²) in [5.41, 5.74) is 8.30. The minimum Gasteiger partial charge on any atom is -0.383 e. The van der Waals surface area contributed by atoms with Crippen LogP contribution in [-0.4, -0.2) is 55.1 Å². The molecule has 0 aromatic carbocycles. The lowest BCUT2D eigenvalue weighted by Crippen LogP contribution is -2.45. The number of piperazine rings is 1. The fraction of sp³-hybridized carbons (Fsp3) is 0.571. The van der Waals surface area contributed by atoms with Crippen molar-refractivity contribution in [1.82, 2.24) is 15.2 Å². The second-order valence-corrected chi connectivity index (χ2v) is 5.15. The minimum absolute atomic E-state index is 0.431. The second kappa shape index (κ2) is 6.67. The molecule has 1 fully saturated rings. The molecule has 0 spiro atoms. The van der Waals surface area contributed by atoms with Crippen LogP contribution in [0.15, 0.2) is 6.07 Å². The largest absolute Gasteiger partial charge is 0.383 e. The van der Waals surface area contributed by atoms with Crippen LogP contribution in [0.5, 0.6) is 0 Å². The number of aryl methyl sites for hydroxylation is 2. The van der Waals surface area contributed by atoms with Gasteiger partial charge < -0.3 is 16.4 Å². The number of carbonyl (C=O) groups is 1. The average molecular weight is 277 g/mol. The van der Waals surface area contributed by atoms with E-state index in [-0.39, 0.29) is 0 Å². The highest BCUT2D eigenvalue weighted by atomic mass is 16.1. The molecular formula is C14H23N5O. The van der Waals surface area contributed by atoms with Crippen LogP contribution in [0.3, 0.4) is 0 Å². The third-order valence-corrected chi connectivity index (χ3v) is 3.53. The summed E-state index contributed by atoms with van der Waals surface area (Å²) in [7, 11) is 0. The number of rotatable bonds is 5. The zero-order valence-corrected chi connectivity index (χ0v) is 12.2. The Kier molecular flexibility index (Phi) is 4.92. The lowest BCUT2D eigenvalue weighted by atomic mass is 10.1. The van der Waals surface area contributed by atoms with Gasteiger partial charge in [-0.15, -0.1) is 0 Å². The number of hydrogen-bond acceptors (Lipinski definition) is 5. The van der Waals surface area contributed by atoms with E-state index in [9.17, 15) is 4.79 Å². The van der Waals surface area contributed by atoms with E-state index in [2.05, 4.69) is 20.5 Å². The summed E-state index contributed by atoms with van der Waals surface area (Å²) in [6.45, 7) is 9.70. The molecule has 4 N–H and O–H groups in total. The van der Waals surface area contributed by atoms with Gasteiger partial charge in [0.15, 0.2) is 0 Å². The van der Waals surface area contributed by atoms with Crippen LogP contribution in [0.2, 0.25) is 0 Å². The Morgan fingerprint density at radius 1 is 1.45 bits per heavy atom. The zero-order valence-electron chi connectivity index (χ0n) is 12.2. The first-order chi connectivity index (χ1) is 9.58. The zero-order chi connectivity index (χ0) is 14.5. The van der Waals surface area contributed by atoms with Gasteiger partial charge in [0.25, 0.3) is 5.91 Å². The van der Waals surface area contributed by atoms with Crippen LogP contribution in [0.25, 0.3) is 0 Å². The van der Waals surface area contributed by atoms with E-state index in [0.717, 1.165) is 50.6 Å². The van der Waals surface area contributed by atoms with Crippen molar-refractivity contribution in [1.29, 1.82) is 0 Å². The maximum absolute atomic E-state index is 11.5. The Labute approximate surface area is 119 Å². The van der Waals surface area contributed by atoms with Crippen LogP contribution in [0.4, 0.5) is 5.69 Å². The molecule has 1 aromatic heterocycles. The Balaban J connectivity index is 1.99. The number of nitrogens with zero attached hydrogens (tertiary/aromatic N) is 2. The van der Waals surface area contributed by atoms with Crippen LogP contribution in [-0.2, 0) is 0 Å². The normalized spacial score (nSPS) is 16.1. The molecule has 6 nitrogen and oxygen atoms in total. The van der Waals surface area contributed by atoms with Gasteiger partial charge in [0.1, 0.15) is 0 Å². The van der Waals surface area contributed by atoms with Gasteiger partial charge in [-0.1, -0.05) is 0 Å². The molecule has 20 heavy (non-hydrogen) atoms. The summed E-state index contributed by atoms with van der Waals surface area (Å²) in [5.74, 6) is -0.431. The van der Waals surface area contributed by atoms with Gasteiger partial charge in [0.05, 0.1) is 16.9 Å². The number of aromatic nitrogens is 1. The lowest BCUT2D eigenvalue weighted by Gasteiger charge is -2.27. The van der Waals surface area contributed by atoms with Crippen molar-refractivity contribution < 1.29 is 4.79 Å². The molecule has 1 aliphatic heterocycles. The Morgan fingerprint density at radius 2 is 2.15 bits per heavy atom. The number of amides is 1. The van der Waals surface area contributed by atoms with Gasteiger partial charge >= 0.3 is 0 Å². The monoisotopic (exact) mass is 277 g/mol. The van der Waals surface area contributed by atoms with Gasteiger partial charge in [-0.2, -0.15) is 0 Å². The summed E-state index contributed by atoms with van der Waals surface area (Å²) < 4.78 is 0. The van der Waals surface area contributed by atoms with Gasteiger partial charge in [-0.05, 0) is 19.9 Å². The van der Waals surface area contributed by atoms with Gasteiger partial charge in [-0.25, -0.2) is 0 Å². The third kappa shape index (κ3) is 3.68. The molecule has 0 unspecified atom stereocenters. The maximum atomic E-state index is 11.5. The van der Waals surface area contributed by atoms with E-state index in [1.165, 1.54) is 0 Å². The van der Waals surface area contributed by atoms with Crippen LogP contribution in [0.1, 0.15) is 21.7 Å². The van der Waals surface area contributed by atoms with Crippen molar-refractivity contribution in [3.05, 3.63) is 23.0 Å². The fourth-order valence-corrected chi connectivity index (χ4v) is 2.56. The Hall–Kier alpha value is -1.66. The Bertz CT molecular complexity index is 483. The molecule has 1 saturated heterocycles. The molecule has 1 aliphatic rings. The SMILES string of the molecule is Cc1cc(NCCN2CCNCC2)c(C(N)=O)c(C)n1. The van der Waals surface area contributed by atoms with Crippen molar-refractivity contribution in [2.45, 2.75) is 13.8 Å². The van der Waals surface area contributed by atoms with Gasteiger partial charge in [-0.3, -0.25) is 14.7 Å². The number of hydrogen-bond donors (Lipinski definition) is 3.